The van der Waals surface area contributed by atoms with Gasteiger partial charge in [-0.25, -0.2) is 0 Å². The Hall–Kier alpha value is -1.35. The predicted molar refractivity (Wildman–Crippen MR) is 58.4 cm³/mol. The first-order valence-corrected chi connectivity index (χ1v) is 5.29. The fourth-order valence-corrected chi connectivity index (χ4v) is 1.77. The van der Waals surface area contributed by atoms with Crippen LogP contribution >= 0.6 is 0 Å². The SMILES string of the molecule is CCN1CCC(=O)/C(=C/c2ccco2)C1. The van der Waals surface area contributed by atoms with Crippen LogP contribution in [0.15, 0.2) is 28.4 Å². The second kappa shape index (κ2) is 4.45. The minimum absolute atomic E-state index is 0.246. The number of ketones is 1. The number of Topliss-reactive ketones (excluding diaryl/α,β-unsaturated/α-hetero) is 1. The molecule has 1 aromatic heterocycles. The second-order valence-electron chi connectivity index (χ2n) is 3.73. The summed E-state index contributed by atoms with van der Waals surface area (Å²) in [5, 5.41) is 0. The second-order valence-corrected chi connectivity index (χ2v) is 3.73. The van der Waals surface area contributed by atoms with Crippen LogP contribution < -0.4 is 0 Å². The third kappa shape index (κ3) is 2.36. The molecule has 0 amide bonds. The van der Waals surface area contributed by atoms with Gasteiger partial charge in [-0.15, -0.1) is 0 Å². The van der Waals surface area contributed by atoms with Crippen molar-refractivity contribution in [2.75, 3.05) is 19.6 Å². The maximum absolute atomic E-state index is 11.6. The third-order valence-corrected chi connectivity index (χ3v) is 2.71. The third-order valence-electron chi connectivity index (χ3n) is 2.71. The zero-order valence-electron chi connectivity index (χ0n) is 8.90. The molecule has 0 saturated carbocycles. The molecule has 15 heavy (non-hydrogen) atoms. The summed E-state index contributed by atoms with van der Waals surface area (Å²) in [6.07, 6.45) is 4.10. The van der Waals surface area contributed by atoms with E-state index in [9.17, 15) is 4.79 Å². The van der Waals surface area contributed by atoms with Gasteiger partial charge in [-0.3, -0.25) is 9.69 Å². The Morgan fingerprint density at radius 3 is 3.13 bits per heavy atom. The molecule has 0 aliphatic carbocycles. The molecule has 2 heterocycles. The highest BCUT2D eigenvalue weighted by molar-refractivity contribution is 6.00. The van der Waals surface area contributed by atoms with Gasteiger partial charge in [0, 0.05) is 25.1 Å². The monoisotopic (exact) mass is 205 g/mol. The lowest BCUT2D eigenvalue weighted by Gasteiger charge is -2.26. The normalized spacial score (nSPS) is 21.1. The summed E-state index contributed by atoms with van der Waals surface area (Å²) >= 11 is 0. The first-order valence-electron chi connectivity index (χ1n) is 5.29. The van der Waals surface area contributed by atoms with Crippen molar-refractivity contribution in [2.45, 2.75) is 13.3 Å². The van der Waals surface area contributed by atoms with E-state index in [-0.39, 0.29) is 5.78 Å². The van der Waals surface area contributed by atoms with Crippen LogP contribution in [0.5, 0.6) is 0 Å². The Kier molecular flexibility index (Phi) is 3.02. The molecule has 1 saturated heterocycles. The molecule has 0 radical (unpaired) electrons. The van der Waals surface area contributed by atoms with E-state index in [1.165, 1.54) is 0 Å². The van der Waals surface area contributed by atoms with Gasteiger partial charge in [-0.05, 0) is 24.8 Å². The van der Waals surface area contributed by atoms with Crippen LogP contribution in [0.3, 0.4) is 0 Å². The van der Waals surface area contributed by atoms with Crippen molar-refractivity contribution < 1.29 is 9.21 Å². The maximum atomic E-state index is 11.6. The number of carbonyl (C=O) groups excluding carboxylic acids is 1. The highest BCUT2D eigenvalue weighted by atomic mass is 16.3. The van der Waals surface area contributed by atoms with E-state index in [1.54, 1.807) is 6.26 Å². The van der Waals surface area contributed by atoms with Gasteiger partial charge in [0.15, 0.2) is 5.78 Å². The standard InChI is InChI=1S/C12H15NO2/c1-2-13-6-5-12(14)10(9-13)8-11-4-3-7-15-11/h3-4,7-8H,2,5-6,9H2,1H3/b10-8+. The molecule has 0 aromatic carbocycles. The summed E-state index contributed by atoms with van der Waals surface area (Å²) in [5.74, 6) is 1.01. The molecule has 1 aromatic rings. The number of rotatable bonds is 2. The summed E-state index contributed by atoms with van der Waals surface area (Å²) in [6.45, 7) is 4.73. The molecule has 3 heteroatoms. The van der Waals surface area contributed by atoms with Gasteiger partial charge in [-0.1, -0.05) is 6.92 Å². The average Bonchev–Trinajstić information content (AvgIpc) is 2.74. The smallest absolute Gasteiger partial charge is 0.161 e. The predicted octanol–water partition coefficient (Wildman–Crippen LogP) is 1.96. The van der Waals surface area contributed by atoms with E-state index in [4.69, 9.17) is 4.42 Å². The van der Waals surface area contributed by atoms with Gasteiger partial charge in [-0.2, -0.15) is 0 Å². The summed E-state index contributed by atoms with van der Waals surface area (Å²) in [7, 11) is 0. The topological polar surface area (TPSA) is 33.5 Å². The summed E-state index contributed by atoms with van der Waals surface area (Å²) < 4.78 is 5.21. The molecule has 2 rings (SSSR count). The summed E-state index contributed by atoms with van der Waals surface area (Å²) in [5.41, 5.74) is 0.859. The number of hydrogen-bond acceptors (Lipinski definition) is 3. The van der Waals surface area contributed by atoms with Gasteiger partial charge in [0.05, 0.1) is 6.26 Å². The van der Waals surface area contributed by atoms with Crippen molar-refractivity contribution in [1.29, 1.82) is 0 Å². The molecule has 0 N–H and O–H groups in total. The Bertz CT molecular complexity index is 365. The number of likely N-dealkylation sites (N-methyl/N-ethyl adjacent to an activating group) is 1. The Labute approximate surface area is 89.4 Å². The van der Waals surface area contributed by atoms with E-state index in [0.29, 0.717) is 6.42 Å². The van der Waals surface area contributed by atoms with Crippen LogP contribution in [-0.2, 0) is 4.79 Å². The molecule has 1 aliphatic heterocycles. The van der Waals surface area contributed by atoms with Crippen LogP contribution in [0.2, 0.25) is 0 Å². The molecule has 80 valence electrons. The highest BCUT2D eigenvalue weighted by Crippen LogP contribution is 2.15. The van der Waals surface area contributed by atoms with E-state index in [2.05, 4.69) is 11.8 Å². The molecular formula is C12H15NO2. The lowest BCUT2D eigenvalue weighted by Crippen LogP contribution is -2.35. The molecule has 0 unspecified atom stereocenters. The molecule has 0 spiro atoms. The van der Waals surface area contributed by atoms with E-state index < -0.39 is 0 Å². The quantitative estimate of drug-likeness (QED) is 0.692. The van der Waals surface area contributed by atoms with Crippen LogP contribution in [0.25, 0.3) is 6.08 Å². The van der Waals surface area contributed by atoms with E-state index >= 15 is 0 Å². The van der Waals surface area contributed by atoms with Gasteiger partial charge in [0.2, 0.25) is 0 Å². The van der Waals surface area contributed by atoms with Crippen molar-refractivity contribution in [3.8, 4) is 0 Å². The van der Waals surface area contributed by atoms with Crippen molar-refractivity contribution >= 4 is 11.9 Å². The van der Waals surface area contributed by atoms with E-state index in [1.807, 2.05) is 18.2 Å². The number of nitrogens with zero attached hydrogens (tertiary/aromatic N) is 1. The van der Waals surface area contributed by atoms with Crippen LogP contribution in [0.4, 0.5) is 0 Å². The Balaban J connectivity index is 2.15. The number of hydrogen-bond donors (Lipinski definition) is 0. The lowest BCUT2D eigenvalue weighted by atomic mass is 10.0. The fraction of sp³-hybridized carbons (Fsp3) is 0.417. The number of furan rings is 1. The highest BCUT2D eigenvalue weighted by Gasteiger charge is 2.20. The molecule has 1 aliphatic rings. The maximum Gasteiger partial charge on any atom is 0.161 e. The summed E-state index contributed by atoms with van der Waals surface area (Å²) in [4.78, 5) is 13.9. The number of piperidine rings is 1. The van der Waals surface area contributed by atoms with Crippen molar-refractivity contribution in [3.63, 3.8) is 0 Å². The summed E-state index contributed by atoms with van der Waals surface area (Å²) in [6, 6.07) is 3.70. The van der Waals surface area contributed by atoms with Gasteiger partial charge < -0.3 is 4.42 Å². The average molecular weight is 205 g/mol. The van der Waals surface area contributed by atoms with Crippen LogP contribution in [0.1, 0.15) is 19.1 Å². The zero-order valence-corrected chi connectivity index (χ0v) is 8.90. The minimum atomic E-state index is 0.246. The fourth-order valence-electron chi connectivity index (χ4n) is 1.77. The first kappa shape index (κ1) is 10.2. The number of likely N-dealkylation sites (tertiary alicyclic amines) is 1. The lowest BCUT2D eigenvalue weighted by molar-refractivity contribution is -0.117. The molecule has 0 bridgehead atoms. The number of carbonyl (C=O) groups is 1. The van der Waals surface area contributed by atoms with Crippen molar-refractivity contribution in [1.82, 2.24) is 4.90 Å². The van der Waals surface area contributed by atoms with Gasteiger partial charge >= 0.3 is 0 Å². The van der Waals surface area contributed by atoms with Crippen molar-refractivity contribution in [3.05, 3.63) is 29.7 Å². The molecule has 0 atom stereocenters. The van der Waals surface area contributed by atoms with E-state index in [0.717, 1.165) is 31.0 Å². The largest absolute Gasteiger partial charge is 0.465 e. The minimum Gasteiger partial charge on any atom is -0.465 e. The zero-order chi connectivity index (χ0) is 10.7. The molecule has 3 nitrogen and oxygen atoms in total. The van der Waals surface area contributed by atoms with Crippen LogP contribution in [0, 0.1) is 0 Å². The van der Waals surface area contributed by atoms with Gasteiger partial charge in [0.25, 0.3) is 0 Å². The molecule has 1 fully saturated rings. The molecular weight excluding hydrogens is 190 g/mol. The Morgan fingerprint density at radius 1 is 1.60 bits per heavy atom. The first-order chi connectivity index (χ1) is 7.29. The Morgan fingerprint density at radius 2 is 2.47 bits per heavy atom. The van der Waals surface area contributed by atoms with Crippen molar-refractivity contribution in [2.24, 2.45) is 0 Å². The van der Waals surface area contributed by atoms with Gasteiger partial charge in [0.1, 0.15) is 5.76 Å². The van der Waals surface area contributed by atoms with Crippen LogP contribution in [-0.4, -0.2) is 30.3 Å².